The number of ether oxygens (including phenoxy) is 1. The van der Waals surface area contributed by atoms with Crippen LogP contribution in [-0.4, -0.2) is 25.6 Å². The molecule has 1 N–H and O–H groups in total. The lowest BCUT2D eigenvalue weighted by atomic mass is 10.1. The highest BCUT2D eigenvalue weighted by molar-refractivity contribution is 5.96. The van der Waals surface area contributed by atoms with Crippen molar-refractivity contribution in [1.29, 1.82) is 0 Å². The fourth-order valence-electron chi connectivity index (χ4n) is 3.72. The van der Waals surface area contributed by atoms with Crippen LogP contribution in [-0.2, 0) is 13.2 Å². The second-order valence-electron chi connectivity index (χ2n) is 7.90. The van der Waals surface area contributed by atoms with Crippen LogP contribution in [0, 0.1) is 13.8 Å². The molecule has 0 aliphatic rings. The SMILES string of the molecule is Cc1noc(C)c1COc1ccccc1C(=O)NCc1ccc(-n2cnc3ccccc32)nc1. The Hall–Kier alpha value is -4.46. The van der Waals surface area contributed by atoms with Crippen LogP contribution >= 0.6 is 0 Å². The second-order valence-corrected chi connectivity index (χ2v) is 7.90. The number of aromatic nitrogens is 4. The summed E-state index contributed by atoms with van der Waals surface area (Å²) in [4.78, 5) is 21.8. The molecule has 0 saturated heterocycles. The van der Waals surface area contributed by atoms with Gasteiger partial charge in [-0.25, -0.2) is 9.97 Å². The highest BCUT2D eigenvalue weighted by Gasteiger charge is 2.15. The summed E-state index contributed by atoms with van der Waals surface area (Å²) in [5, 5.41) is 6.89. The maximum atomic E-state index is 12.9. The van der Waals surface area contributed by atoms with Crippen molar-refractivity contribution in [3.63, 3.8) is 0 Å². The number of hydrogen-bond donors (Lipinski definition) is 1. The molecule has 0 fully saturated rings. The lowest BCUT2D eigenvalue weighted by Gasteiger charge is -2.12. The Morgan fingerprint density at radius 2 is 1.85 bits per heavy atom. The molecule has 3 aromatic heterocycles. The lowest BCUT2D eigenvalue weighted by molar-refractivity contribution is 0.0946. The first kappa shape index (κ1) is 21.4. The van der Waals surface area contributed by atoms with Crippen LogP contribution in [0.15, 0.2) is 77.7 Å². The van der Waals surface area contributed by atoms with Crippen LogP contribution in [0.5, 0.6) is 5.75 Å². The minimum atomic E-state index is -0.223. The van der Waals surface area contributed by atoms with Crippen LogP contribution in [0.2, 0.25) is 0 Å². The number of nitrogens with zero attached hydrogens (tertiary/aromatic N) is 4. The van der Waals surface area contributed by atoms with Gasteiger partial charge in [0.15, 0.2) is 0 Å². The fraction of sp³-hybridized carbons (Fsp3) is 0.154. The van der Waals surface area contributed by atoms with Crippen molar-refractivity contribution in [3.05, 3.63) is 101 Å². The van der Waals surface area contributed by atoms with Gasteiger partial charge in [-0.15, -0.1) is 0 Å². The molecule has 0 unspecified atom stereocenters. The van der Waals surface area contributed by atoms with Crippen LogP contribution in [0.1, 0.15) is 32.9 Å². The van der Waals surface area contributed by atoms with E-state index in [1.54, 1.807) is 24.7 Å². The van der Waals surface area contributed by atoms with Gasteiger partial charge in [-0.3, -0.25) is 9.36 Å². The number of nitrogens with one attached hydrogen (secondary N) is 1. The number of rotatable bonds is 7. The van der Waals surface area contributed by atoms with E-state index in [0.717, 1.165) is 33.7 Å². The van der Waals surface area contributed by atoms with E-state index >= 15 is 0 Å². The Balaban J connectivity index is 1.25. The van der Waals surface area contributed by atoms with Gasteiger partial charge in [0, 0.05) is 12.7 Å². The third-order valence-electron chi connectivity index (χ3n) is 5.65. The van der Waals surface area contributed by atoms with Crippen LogP contribution in [0.25, 0.3) is 16.9 Å². The Kier molecular flexibility index (Phi) is 5.78. The molecule has 0 bridgehead atoms. The van der Waals surface area contributed by atoms with Gasteiger partial charge in [-0.2, -0.15) is 0 Å². The van der Waals surface area contributed by atoms with E-state index in [2.05, 4.69) is 20.4 Å². The Labute approximate surface area is 196 Å². The number of carbonyl (C=O) groups excluding carboxylic acids is 1. The molecule has 170 valence electrons. The predicted octanol–water partition coefficient (Wildman–Crippen LogP) is 4.53. The minimum Gasteiger partial charge on any atom is -0.488 e. The number of amides is 1. The Morgan fingerprint density at radius 1 is 1.03 bits per heavy atom. The molecule has 5 rings (SSSR count). The zero-order valence-electron chi connectivity index (χ0n) is 18.9. The van der Waals surface area contributed by atoms with Gasteiger partial charge in [-0.1, -0.05) is 35.5 Å². The van der Waals surface area contributed by atoms with E-state index < -0.39 is 0 Å². The average Bonchev–Trinajstić information content (AvgIpc) is 3.44. The summed E-state index contributed by atoms with van der Waals surface area (Å²) >= 11 is 0. The van der Waals surface area contributed by atoms with Crippen molar-refractivity contribution in [2.75, 3.05) is 0 Å². The molecular weight excluding hydrogens is 430 g/mol. The minimum absolute atomic E-state index is 0.223. The summed E-state index contributed by atoms with van der Waals surface area (Å²) in [6.07, 6.45) is 3.51. The Bertz CT molecular complexity index is 1430. The summed E-state index contributed by atoms with van der Waals surface area (Å²) in [5.41, 5.74) is 4.91. The number of imidazole rings is 1. The molecular formula is C26H23N5O3. The molecule has 0 atom stereocenters. The molecule has 1 amide bonds. The van der Waals surface area contributed by atoms with Crippen LogP contribution in [0.4, 0.5) is 0 Å². The number of benzene rings is 2. The number of carbonyl (C=O) groups is 1. The van der Waals surface area contributed by atoms with Crippen molar-refractivity contribution >= 4 is 16.9 Å². The standard InChI is InChI=1S/C26H23N5O3/c1-17-21(18(2)34-30-17)15-33-24-10-6-3-7-20(24)26(32)28-14-19-11-12-25(27-13-19)31-16-29-22-8-4-5-9-23(22)31/h3-13,16H,14-15H2,1-2H3,(H,28,32). The molecule has 0 spiro atoms. The van der Waals surface area contributed by atoms with Crippen molar-refractivity contribution in [3.8, 4) is 11.6 Å². The van der Waals surface area contributed by atoms with Crippen molar-refractivity contribution in [1.82, 2.24) is 25.0 Å². The van der Waals surface area contributed by atoms with Gasteiger partial charge < -0.3 is 14.6 Å². The average molecular weight is 454 g/mol. The molecule has 3 heterocycles. The zero-order valence-corrected chi connectivity index (χ0v) is 18.9. The number of hydrogen-bond acceptors (Lipinski definition) is 6. The third-order valence-corrected chi connectivity index (χ3v) is 5.65. The summed E-state index contributed by atoms with van der Waals surface area (Å²) in [7, 11) is 0. The highest BCUT2D eigenvalue weighted by Crippen LogP contribution is 2.22. The molecule has 2 aromatic carbocycles. The van der Waals surface area contributed by atoms with Gasteiger partial charge >= 0.3 is 0 Å². The van der Waals surface area contributed by atoms with E-state index in [9.17, 15) is 4.79 Å². The largest absolute Gasteiger partial charge is 0.488 e. The number of aryl methyl sites for hydroxylation is 2. The first-order valence-electron chi connectivity index (χ1n) is 10.9. The Morgan fingerprint density at radius 3 is 2.65 bits per heavy atom. The quantitative estimate of drug-likeness (QED) is 0.389. The maximum Gasteiger partial charge on any atom is 0.255 e. The smallest absolute Gasteiger partial charge is 0.255 e. The first-order chi connectivity index (χ1) is 16.6. The summed E-state index contributed by atoms with van der Waals surface area (Å²) in [6.45, 7) is 4.32. The van der Waals surface area contributed by atoms with E-state index in [-0.39, 0.29) is 12.5 Å². The second kappa shape index (κ2) is 9.19. The lowest BCUT2D eigenvalue weighted by Crippen LogP contribution is -2.23. The van der Waals surface area contributed by atoms with E-state index in [1.165, 1.54) is 0 Å². The van der Waals surface area contributed by atoms with E-state index in [0.29, 0.717) is 23.6 Å². The predicted molar refractivity (Wildman–Crippen MR) is 127 cm³/mol. The fourth-order valence-corrected chi connectivity index (χ4v) is 3.72. The number of para-hydroxylation sites is 3. The molecule has 5 aromatic rings. The molecule has 0 saturated carbocycles. The van der Waals surface area contributed by atoms with Gasteiger partial charge in [-0.05, 0) is 49.7 Å². The normalized spacial score (nSPS) is 11.0. The molecule has 34 heavy (non-hydrogen) atoms. The summed E-state index contributed by atoms with van der Waals surface area (Å²) < 4.78 is 13.0. The molecule has 0 radical (unpaired) electrons. The van der Waals surface area contributed by atoms with E-state index in [4.69, 9.17) is 9.26 Å². The van der Waals surface area contributed by atoms with Gasteiger partial charge in [0.1, 0.15) is 30.3 Å². The molecule has 8 heteroatoms. The third kappa shape index (κ3) is 4.25. The van der Waals surface area contributed by atoms with Crippen molar-refractivity contribution in [2.45, 2.75) is 27.0 Å². The maximum absolute atomic E-state index is 12.9. The zero-order chi connectivity index (χ0) is 23.5. The first-order valence-corrected chi connectivity index (χ1v) is 10.9. The highest BCUT2D eigenvalue weighted by atomic mass is 16.5. The van der Waals surface area contributed by atoms with Crippen molar-refractivity contribution < 1.29 is 14.1 Å². The van der Waals surface area contributed by atoms with Gasteiger partial charge in [0.05, 0.1) is 27.9 Å². The monoisotopic (exact) mass is 453 g/mol. The topological polar surface area (TPSA) is 95.1 Å². The van der Waals surface area contributed by atoms with Gasteiger partial charge in [0.2, 0.25) is 0 Å². The number of pyridine rings is 1. The molecule has 0 aliphatic carbocycles. The van der Waals surface area contributed by atoms with Crippen molar-refractivity contribution in [2.24, 2.45) is 0 Å². The molecule has 8 nitrogen and oxygen atoms in total. The van der Waals surface area contributed by atoms with Gasteiger partial charge in [0.25, 0.3) is 5.91 Å². The molecule has 0 aliphatic heterocycles. The van der Waals surface area contributed by atoms with Crippen LogP contribution < -0.4 is 10.1 Å². The summed E-state index contributed by atoms with van der Waals surface area (Å²) in [5.74, 6) is 1.75. The summed E-state index contributed by atoms with van der Waals surface area (Å²) in [6, 6.07) is 18.9. The number of fused-ring (bicyclic) bond motifs is 1. The van der Waals surface area contributed by atoms with Crippen LogP contribution in [0.3, 0.4) is 0 Å². The van der Waals surface area contributed by atoms with E-state index in [1.807, 2.05) is 66.9 Å².